The molecule has 5 aromatic rings. The first kappa shape index (κ1) is 29.2. The van der Waals surface area contributed by atoms with E-state index in [1.54, 1.807) is 0 Å². The summed E-state index contributed by atoms with van der Waals surface area (Å²) in [6.45, 7) is 6.58. The van der Waals surface area contributed by atoms with Crippen LogP contribution in [-0.4, -0.2) is 0 Å². The number of para-hydroxylation sites is 2. The van der Waals surface area contributed by atoms with Gasteiger partial charge in [-0.15, -0.1) is 0 Å². The molecule has 0 aliphatic carbocycles. The van der Waals surface area contributed by atoms with Crippen LogP contribution in [-0.2, 0) is 6.42 Å². The lowest BCUT2D eigenvalue weighted by Gasteiger charge is -2.30. The molecular weight excluding hydrogens is 508 g/mol. The zero-order chi connectivity index (χ0) is 29.1. The average Bonchev–Trinajstić information content (AvgIpc) is 3.03. The second kappa shape index (κ2) is 14.5. The minimum Gasteiger partial charge on any atom is -0.310 e. The van der Waals surface area contributed by atoms with Crippen LogP contribution in [0.1, 0.15) is 62.1 Å². The molecule has 2 nitrogen and oxygen atoms in total. The Morgan fingerprint density at radius 3 is 1.45 bits per heavy atom. The summed E-state index contributed by atoms with van der Waals surface area (Å²) in [7, 11) is 0. The van der Waals surface area contributed by atoms with Gasteiger partial charge < -0.3 is 9.80 Å². The lowest BCUT2D eigenvalue weighted by molar-refractivity contribution is 0.607. The van der Waals surface area contributed by atoms with Crippen molar-refractivity contribution in [1.82, 2.24) is 0 Å². The van der Waals surface area contributed by atoms with Crippen molar-refractivity contribution in [2.45, 2.75) is 65.7 Å². The number of rotatable bonds is 13. The smallest absolute Gasteiger partial charge is 0.0495 e. The van der Waals surface area contributed by atoms with Crippen molar-refractivity contribution < 1.29 is 0 Å². The van der Waals surface area contributed by atoms with Gasteiger partial charge >= 0.3 is 0 Å². The summed E-state index contributed by atoms with van der Waals surface area (Å²) in [6.07, 6.45) is 8.75. The van der Waals surface area contributed by atoms with Crippen molar-refractivity contribution in [3.05, 3.63) is 144 Å². The van der Waals surface area contributed by atoms with E-state index in [2.05, 4.69) is 158 Å². The highest BCUT2D eigenvalue weighted by molar-refractivity contribution is 5.83. The maximum atomic E-state index is 2.43. The Kier molecular flexibility index (Phi) is 10.1. The van der Waals surface area contributed by atoms with Gasteiger partial charge in [0, 0.05) is 34.1 Å². The van der Waals surface area contributed by atoms with Gasteiger partial charge in [0.25, 0.3) is 0 Å². The van der Waals surface area contributed by atoms with Crippen molar-refractivity contribution >= 4 is 34.1 Å². The molecule has 0 saturated heterocycles. The lowest BCUT2D eigenvalue weighted by Crippen LogP contribution is -2.14. The molecule has 5 rings (SSSR count). The van der Waals surface area contributed by atoms with E-state index in [-0.39, 0.29) is 0 Å². The van der Waals surface area contributed by atoms with Gasteiger partial charge in [0.05, 0.1) is 0 Å². The zero-order valence-corrected chi connectivity index (χ0v) is 25.5. The van der Waals surface area contributed by atoms with Crippen molar-refractivity contribution in [3.63, 3.8) is 0 Å². The average molecular weight is 553 g/mol. The van der Waals surface area contributed by atoms with Crippen molar-refractivity contribution in [1.29, 1.82) is 0 Å². The summed E-state index contributed by atoms with van der Waals surface area (Å²) in [5.74, 6) is 0. The van der Waals surface area contributed by atoms with E-state index >= 15 is 0 Å². The number of hydrogen-bond acceptors (Lipinski definition) is 2. The fourth-order valence-corrected chi connectivity index (χ4v) is 5.64. The van der Waals surface area contributed by atoms with Crippen LogP contribution < -0.4 is 9.80 Å². The molecule has 214 valence electrons. The summed E-state index contributed by atoms with van der Waals surface area (Å²) in [5.41, 5.74) is 11.0. The molecule has 0 aliphatic rings. The molecule has 0 saturated carbocycles. The normalized spacial score (nSPS) is 10.9. The van der Waals surface area contributed by atoms with Gasteiger partial charge in [0.2, 0.25) is 0 Å². The van der Waals surface area contributed by atoms with E-state index in [0.717, 1.165) is 12.1 Å². The molecule has 0 aromatic heterocycles. The minimum atomic E-state index is 1.04. The highest BCUT2D eigenvalue weighted by Gasteiger charge is 2.19. The maximum absolute atomic E-state index is 2.43. The topological polar surface area (TPSA) is 6.48 Å². The van der Waals surface area contributed by atoms with E-state index in [4.69, 9.17) is 0 Å². The van der Waals surface area contributed by atoms with E-state index in [1.165, 1.54) is 83.7 Å². The van der Waals surface area contributed by atoms with Gasteiger partial charge in [-0.2, -0.15) is 0 Å². The van der Waals surface area contributed by atoms with Crippen LogP contribution in [0.4, 0.5) is 34.1 Å². The number of nitrogens with zero attached hydrogens (tertiary/aromatic N) is 2. The summed E-state index contributed by atoms with van der Waals surface area (Å²) >= 11 is 0. The standard InChI is InChI=1S/C40H44N2/c1-4-5-6-7-8-11-16-34-31-39(41(35-17-12-9-13-18-35)37-25-21-32(2)22-26-37)29-30-40(34)42(36-19-14-10-15-20-36)38-27-23-33(3)24-28-38/h9-10,12-15,17-31H,4-8,11,16H2,1-3H3. The van der Waals surface area contributed by atoms with E-state index in [1.807, 2.05) is 0 Å². The monoisotopic (exact) mass is 552 g/mol. The van der Waals surface area contributed by atoms with Crippen LogP contribution in [0.5, 0.6) is 0 Å². The molecule has 0 radical (unpaired) electrons. The molecule has 42 heavy (non-hydrogen) atoms. The lowest BCUT2D eigenvalue weighted by atomic mass is 10.0. The second-order valence-electron chi connectivity index (χ2n) is 11.3. The molecule has 0 heterocycles. The van der Waals surface area contributed by atoms with Gasteiger partial charge in [0.15, 0.2) is 0 Å². The fraction of sp³-hybridized carbons (Fsp3) is 0.250. The van der Waals surface area contributed by atoms with Crippen LogP contribution in [0.15, 0.2) is 127 Å². The van der Waals surface area contributed by atoms with E-state index < -0.39 is 0 Å². The maximum Gasteiger partial charge on any atom is 0.0495 e. The van der Waals surface area contributed by atoms with Crippen LogP contribution in [0.2, 0.25) is 0 Å². The molecule has 0 aliphatic heterocycles. The highest BCUT2D eigenvalue weighted by Crippen LogP contribution is 2.41. The number of unbranched alkanes of at least 4 members (excludes halogenated alkanes) is 5. The Labute approximate surface area is 253 Å². The highest BCUT2D eigenvalue weighted by atomic mass is 15.2. The summed E-state index contributed by atoms with van der Waals surface area (Å²) in [6, 6.07) is 46.3. The SMILES string of the molecule is CCCCCCCCc1cc(N(c2ccccc2)c2ccc(C)cc2)ccc1N(c1ccccc1)c1ccc(C)cc1. The van der Waals surface area contributed by atoms with Gasteiger partial charge in [-0.25, -0.2) is 0 Å². The van der Waals surface area contributed by atoms with Gasteiger partial charge in [0.1, 0.15) is 0 Å². The predicted octanol–water partition coefficient (Wildman–Crippen LogP) is 12.1. The van der Waals surface area contributed by atoms with Crippen LogP contribution in [0.25, 0.3) is 0 Å². The fourth-order valence-electron chi connectivity index (χ4n) is 5.64. The van der Waals surface area contributed by atoms with Crippen molar-refractivity contribution in [3.8, 4) is 0 Å². The van der Waals surface area contributed by atoms with Crippen LogP contribution >= 0.6 is 0 Å². The predicted molar refractivity (Wildman–Crippen MR) is 182 cm³/mol. The summed E-state index contributed by atoms with van der Waals surface area (Å²) < 4.78 is 0. The third-order valence-electron chi connectivity index (χ3n) is 7.97. The molecule has 0 bridgehead atoms. The Morgan fingerprint density at radius 2 is 0.881 bits per heavy atom. The van der Waals surface area contributed by atoms with Crippen LogP contribution in [0, 0.1) is 13.8 Å². The third-order valence-corrected chi connectivity index (χ3v) is 7.97. The first-order valence-electron chi connectivity index (χ1n) is 15.6. The minimum absolute atomic E-state index is 1.04. The van der Waals surface area contributed by atoms with Gasteiger partial charge in [-0.1, -0.05) is 111 Å². The molecule has 2 heteroatoms. The second-order valence-corrected chi connectivity index (χ2v) is 11.3. The first-order chi connectivity index (χ1) is 20.6. The van der Waals surface area contributed by atoms with Crippen LogP contribution in [0.3, 0.4) is 0 Å². The van der Waals surface area contributed by atoms with Gasteiger partial charge in [-0.3, -0.25) is 0 Å². The molecule has 0 fully saturated rings. The third kappa shape index (κ3) is 7.31. The Hall–Kier alpha value is -4.30. The Bertz CT molecular complexity index is 1510. The van der Waals surface area contributed by atoms with Gasteiger partial charge in [-0.05, 0) is 99.0 Å². The molecule has 0 spiro atoms. The van der Waals surface area contributed by atoms with E-state index in [9.17, 15) is 0 Å². The first-order valence-corrected chi connectivity index (χ1v) is 15.6. The Morgan fingerprint density at radius 1 is 0.429 bits per heavy atom. The van der Waals surface area contributed by atoms with Crippen molar-refractivity contribution in [2.24, 2.45) is 0 Å². The van der Waals surface area contributed by atoms with E-state index in [0.29, 0.717) is 0 Å². The summed E-state index contributed by atoms with van der Waals surface area (Å²) in [5, 5.41) is 0. The van der Waals surface area contributed by atoms with Crippen molar-refractivity contribution in [2.75, 3.05) is 9.80 Å². The Balaban J connectivity index is 1.60. The number of benzene rings is 5. The molecule has 0 amide bonds. The molecular formula is C40H44N2. The largest absolute Gasteiger partial charge is 0.310 e. The zero-order valence-electron chi connectivity index (χ0n) is 25.5. The number of hydrogen-bond donors (Lipinski definition) is 0. The molecule has 5 aromatic carbocycles. The number of anilines is 6. The molecule has 0 unspecified atom stereocenters. The molecule has 0 N–H and O–H groups in total. The molecule has 0 atom stereocenters. The summed E-state index contributed by atoms with van der Waals surface area (Å²) in [4.78, 5) is 4.81. The quantitative estimate of drug-likeness (QED) is 0.134. The number of aryl methyl sites for hydroxylation is 3.